The predicted molar refractivity (Wildman–Crippen MR) is 75.9 cm³/mol. The van der Waals surface area contributed by atoms with Gasteiger partial charge in [-0.05, 0) is 65.1 Å². The number of ether oxygens (including phenoxy) is 1. The second-order valence-corrected chi connectivity index (χ2v) is 4.82. The number of aromatic nitrogens is 1. The fourth-order valence-corrected chi connectivity index (χ4v) is 1.90. The Bertz CT molecular complexity index is 526. The average Bonchev–Trinajstić information content (AvgIpc) is 2.38. The number of pyridine rings is 1. The fraction of sp³-hybridized carbons (Fsp3) is 0.214. The van der Waals surface area contributed by atoms with Crippen molar-refractivity contribution in [2.24, 2.45) is 5.73 Å². The zero-order valence-electron chi connectivity index (χ0n) is 10.2. The molecule has 0 aliphatic heterocycles. The summed E-state index contributed by atoms with van der Waals surface area (Å²) >= 11 is 3.47. The molecule has 0 unspecified atom stereocenters. The number of nitrogens with two attached hydrogens (primary N) is 1. The maximum Gasteiger partial charge on any atom is 0.233 e. The first-order valence-corrected chi connectivity index (χ1v) is 6.58. The van der Waals surface area contributed by atoms with Gasteiger partial charge in [-0.25, -0.2) is 4.98 Å². The van der Waals surface area contributed by atoms with E-state index in [1.165, 1.54) is 5.56 Å². The molecular formula is C14H15BrN2O. The Balaban J connectivity index is 2.16. The molecule has 0 aliphatic carbocycles. The Hall–Kier alpha value is -1.39. The molecule has 0 saturated carbocycles. The summed E-state index contributed by atoms with van der Waals surface area (Å²) < 4.78 is 6.62. The van der Waals surface area contributed by atoms with Crippen LogP contribution in [-0.2, 0) is 6.42 Å². The number of halogens is 1. The minimum Gasteiger partial charge on any atom is -0.438 e. The first-order valence-electron chi connectivity index (χ1n) is 5.78. The third kappa shape index (κ3) is 3.09. The zero-order valence-corrected chi connectivity index (χ0v) is 11.8. The van der Waals surface area contributed by atoms with Crippen molar-refractivity contribution in [1.82, 2.24) is 4.98 Å². The molecule has 2 rings (SSSR count). The van der Waals surface area contributed by atoms with Gasteiger partial charge in [0.05, 0.1) is 4.47 Å². The number of nitrogens with zero attached hydrogens (tertiary/aromatic N) is 1. The van der Waals surface area contributed by atoms with Crippen LogP contribution in [0.1, 0.15) is 11.1 Å². The number of hydrogen-bond donors (Lipinski definition) is 1. The average molecular weight is 307 g/mol. The Kier molecular flexibility index (Phi) is 4.33. The lowest BCUT2D eigenvalue weighted by molar-refractivity contribution is 0.459. The van der Waals surface area contributed by atoms with E-state index in [1.54, 1.807) is 6.20 Å². The number of hydrogen-bond acceptors (Lipinski definition) is 3. The van der Waals surface area contributed by atoms with Crippen LogP contribution in [-0.4, -0.2) is 11.5 Å². The van der Waals surface area contributed by atoms with Gasteiger partial charge in [0.15, 0.2) is 0 Å². The number of rotatable bonds is 4. The molecule has 18 heavy (non-hydrogen) atoms. The number of benzene rings is 1. The van der Waals surface area contributed by atoms with E-state index in [9.17, 15) is 0 Å². The summed E-state index contributed by atoms with van der Waals surface area (Å²) in [5, 5.41) is 0. The SMILES string of the molecule is Cc1ccnc(Oc2ccc(CCN)cc2)c1Br. The largest absolute Gasteiger partial charge is 0.438 e. The van der Waals surface area contributed by atoms with E-state index < -0.39 is 0 Å². The molecule has 0 atom stereocenters. The third-order valence-corrected chi connectivity index (χ3v) is 3.59. The third-order valence-electron chi connectivity index (χ3n) is 2.62. The molecule has 0 aliphatic rings. The van der Waals surface area contributed by atoms with Crippen LogP contribution in [0.2, 0.25) is 0 Å². The molecule has 1 aromatic carbocycles. The monoisotopic (exact) mass is 306 g/mol. The molecule has 3 nitrogen and oxygen atoms in total. The van der Waals surface area contributed by atoms with Crippen LogP contribution in [0, 0.1) is 6.92 Å². The molecule has 0 bridgehead atoms. The Labute approximate surface area is 115 Å². The summed E-state index contributed by atoms with van der Waals surface area (Å²) in [5.41, 5.74) is 7.82. The fourth-order valence-electron chi connectivity index (χ4n) is 1.59. The molecule has 2 aromatic rings. The molecule has 1 heterocycles. The lowest BCUT2D eigenvalue weighted by atomic mass is 10.1. The Morgan fingerprint density at radius 2 is 1.94 bits per heavy atom. The summed E-state index contributed by atoms with van der Waals surface area (Å²) in [6, 6.07) is 9.84. The van der Waals surface area contributed by atoms with Crippen LogP contribution < -0.4 is 10.5 Å². The van der Waals surface area contributed by atoms with Crippen LogP contribution in [0.25, 0.3) is 0 Å². The molecule has 0 radical (unpaired) electrons. The van der Waals surface area contributed by atoms with E-state index in [4.69, 9.17) is 10.5 Å². The highest BCUT2D eigenvalue weighted by molar-refractivity contribution is 9.10. The van der Waals surface area contributed by atoms with E-state index in [0.717, 1.165) is 22.2 Å². The maximum atomic E-state index is 5.73. The van der Waals surface area contributed by atoms with Crippen LogP contribution in [0.5, 0.6) is 11.6 Å². The topological polar surface area (TPSA) is 48.1 Å². The number of aryl methyl sites for hydroxylation is 1. The van der Waals surface area contributed by atoms with Crippen molar-refractivity contribution in [2.45, 2.75) is 13.3 Å². The van der Waals surface area contributed by atoms with Gasteiger partial charge >= 0.3 is 0 Å². The smallest absolute Gasteiger partial charge is 0.233 e. The molecule has 0 saturated heterocycles. The van der Waals surface area contributed by atoms with Crippen molar-refractivity contribution in [2.75, 3.05) is 6.54 Å². The first kappa shape index (κ1) is 13.1. The van der Waals surface area contributed by atoms with Crippen molar-refractivity contribution < 1.29 is 4.74 Å². The quantitative estimate of drug-likeness (QED) is 0.941. The highest BCUT2D eigenvalue weighted by atomic mass is 79.9. The van der Waals surface area contributed by atoms with Crippen molar-refractivity contribution in [3.63, 3.8) is 0 Å². The molecule has 0 fully saturated rings. The lowest BCUT2D eigenvalue weighted by Gasteiger charge is -2.08. The van der Waals surface area contributed by atoms with E-state index >= 15 is 0 Å². The Morgan fingerprint density at radius 1 is 1.22 bits per heavy atom. The summed E-state index contributed by atoms with van der Waals surface area (Å²) in [6.45, 7) is 2.66. The van der Waals surface area contributed by atoms with Crippen LogP contribution in [0.15, 0.2) is 41.0 Å². The van der Waals surface area contributed by atoms with Crippen molar-refractivity contribution in [3.05, 3.63) is 52.1 Å². The first-order chi connectivity index (χ1) is 8.70. The van der Waals surface area contributed by atoms with Crippen LogP contribution in [0.4, 0.5) is 0 Å². The second kappa shape index (κ2) is 5.98. The summed E-state index contributed by atoms with van der Waals surface area (Å²) in [4.78, 5) is 4.20. The van der Waals surface area contributed by atoms with Gasteiger partial charge in [-0.3, -0.25) is 0 Å². The van der Waals surface area contributed by atoms with Crippen molar-refractivity contribution in [3.8, 4) is 11.6 Å². The van der Waals surface area contributed by atoms with E-state index in [-0.39, 0.29) is 0 Å². The Morgan fingerprint density at radius 3 is 2.61 bits per heavy atom. The van der Waals surface area contributed by atoms with Crippen molar-refractivity contribution in [1.29, 1.82) is 0 Å². The molecule has 0 amide bonds. The zero-order chi connectivity index (χ0) is 13.0. The van der Waals surface area contributed by atoms with Gasteiger partial charge < -0.3 is 10.5 Å². The molecule has 94 valence electrons. The summed E-state index contributed by atoms with van der Waals surface area (Å²) in [7, 11) is 0. The summed E-state index contributed by atoms with van der Waals surface area (Å²) in [6.07, 6.45) is 2.62. The van der Waals surface area contributed by atoms with Gasteiger partial charge in [-0.15, -0.1) is 0 Å². The molecular weight excluding hydrogens is 292 g/mol. The minimum absolute atomic E-state index is 0.585. The van der Waals surface area contributed by atoms with Gasteiger partial charge in [-0.1, -0.05) is 12.1 Å². The highest BCUT2D eigenvalue weighted by Gasteiger charge is 2.06. The van der Waals surface area contributed by atoms with Crippen LogP contribution >= 0.6 is 15.9 Å². The van der Waals surface area contributed by atoms with Crippen molar-refractivity contribution >= 4 is 15.9 Å². The second-order valence-electron chi connectivity index (χ2n) is 4.03. The van der Waals surface area contributed by atoms with Gasteiger partial charge in [0, 0.05) is 6.20 Å². The molecule has 2 N–H and O–H groups in total. The lowest BCUT2D eigenvalue weighted by Crippen LogP contribution is -2.02. The molecule has 4 heteroatoms. The maximum absolute atomic E-state index is 5.73. The van der Waals surface area contributed by atoms with E-state index in [1.807, 2.05) is 37.3 Å². The van der Waals surface area contributed by atoms with Crippen LogP contribution in [0.3, 0.4) is 0 Å². The minimum atomic E-state index is 0.585. The van der Waals surface area contributed by atoms with Gasteiger partial charge in [0.1, 0.15) is 5.75 Å². The van der Waals surface area contributed by atoms with Gasteiger partial charge in [-0.2, -0.15) is 0 Å². The van der Waals surface area contributed by atoms with Gasteiger partial charge in [0.25, 0.3) is 0 Å². The predicted octanol–water partition coefficient (Wildman–Crippen LogP) is 3.45. The van der Waals surface area contributed by atoms with Gasteiger partial charge in [0.2, 0.25) is 5.88 Å². The highest BCUT2D eigenvalue weighted by Crippen LogP contribution is 2.29. The standard InChI is InChI=1S/C14H15BrN2O/c1-10-7-9-17-14(13(10)15)18-12-4-2-11(3-5-12)6-8-16/h2-5,7,9H,6,8,16H2,1H3. The summed E-state index contributed by atoms with van der Waals surface area (Å²) in [5.74, 6) is 1.36. The molecule has 1 aromatic heterocycles. The molecule has 0 spiro atoms. The van der Waals surface area contributed by atoms with E-state index in [2.05, 4.69) is 20.9 Å². The normalized spacial score (nSPS) is 10.4. The van der Waals surface area contributed by atoms with E-state index in [0.29, 0.717) is 12.4 Å².